The van der Waals surface area contributed by atoms with Crippen LogP contribution in [0, 0.1) is 0 Å². The zero-order valence-electron chi connectivity index (χ0n) is 6.88. The fraction of sp³-hybridized carbons (Fsp3) is 1.00. The van der Waals surface area contributed by atoms with Crippen LogP contribution >= 0.6 is 0 Å². The lowest BCUT2D eigenvalue weighted by Crippen LogP contribution is -2.57. The van der Waals surface area contributed by atoms with Crippen LogP contribution in [0.25, 0.3) is 0 Å². The van der Waals surface area contributed by atoms with E-state index in [1.54, 1.807) is 21.3 Å². The van der Waals surface area contributed by atoms with Crippen LogP contribution in [0.3, 0.4) is 0 Å². The van der Waals surface area contributed by atoms with Gasteiger partial charge in [0.05, 0.1) is 5.67 Å². The van der Waals surface area contributed by atoms with Gasteiger partial charge < -0.3 is 19.0 Å². The second-order valence-corrected chi connectivity index (χ2v) is 5.35. The fourth-order valence-electron chi connectivity index (χ4n) is 0.808. The maximum Gasteiger partial charge on any atom is 0.517 e. The number of hydrogen-bond acceptors (Lipinski definition) is 4. The Balaban J connectivity index is 4.15. The molecule has 2 N–H and O–H groups in total. The van der Waals surface area contributed by atoms with Gasteiger partial charge in [0.25, 0.3) is 0 Å². The molecule has 0 aromatic carbocycles. The molecule has 0 aliphatic rings. The van der Waals surface area contributed by atoms with Crippen LogP contribution in [0.2, 0.25) is 0 Å². The summed E-state index contributed by atoms with van der Waals surface area (Å²) in [7, 11) is 2.12. The zero-order valence-corrected chi connectivity index (χ0v) is 7.88. The molecule has 0 radical (unpaired) electrons. The van der Waals surface area contributed by atoms with Crippen LogP contribution in [0.15, 0.2) is 0 Å². The molecule has 0 aromatic rings. The molecule has 0 amide bonds. The number of rotatable bonds is 4. The lowest BCUT2D eigenvalue weighted by atomic mass is 10.8. The Bertz CT molecular complexity index is 86.6. The van der Waals surface area contributed by atoms with Gasteiger partial charge in [-0.3, -0.25) is 0 Å². The van der Waals surface area contributed by atoms with Crippen LogP contribution in [-0.4, -0.2) is 35.8 Å². The minimum atomic E-state index is -2.52. The lowest BCUT2D eigenvalue weighted by molar-refractivity contribution is 0.115. The van der Waals surface area contributed by atoms with Gasteiger partial charge in [0.1, 0.15) is 0 Å². The van der Waals surface area contributed by atoms with Crippen molar-refractivity contribution in [3.63, 3.8) is 0 Å². The highest BCUT2D eigenvalue weighted by molar-refractivity contribution is 6.62. The van der Waals surface area contributed by atoms with E-state index in [9.17, 15) is 0 Å². The van der Waals surface area contributed by atoms with Crippen molar-refractivity contribution in [2.75, 3.05) is 21.3 Å². The maximum absolute atomic E-state index is 5.59. The Kier molecular flexibility index (Phi) is 4.07. The van der Waals surface area contributed by atoms with Crippen LogP contribution in [-0.2, 0) is 13.3 Å². The van der Waals surface area contributed by atoms with Crippen molar-refractivity contribution in [3.05, 3.63) is 0 Å². The molecule has 0 rings (SSSR count). The van der Waals surface area contributed by atoms with Crippen molar-refractivity contribution in [1.82, 2.24) is 0 Å². The third-order valence-corrected chi connectivity index (χ3v) is 4.23. The molecule has 0 fully saturated rings. The van der Waals surface area contributed by atoms with Crippen molar-refractivity contribution in [1.29, 1.82) is 0 Å². The highest BCUT2D eigenvalue weighted by atomic mass is 28.4. The predicted molar refractivity (Wildman–Crippen MR) is 40.4 cm³/mol. The van der Waals surface area contributed by atoms with Crippen molar-refractivity contribution in [3.8, 4) is 0 Å². The molecule has 0 aromatic heterocycles. The van der Waals surface area contributed by atoms with Gasteiger partial charge in [-0.2, -0.15) is 0 Å². The minimum absolute atomic E-state index is 0.188. The molecule has 0 spiro atoms. The third-order valence-electron chi connectivity index (χ3n) is 1.41. The molecule has 0 heterocycles. The highest BCUT2D eigenvalue weighted by Gasteiger charge is 2.42. The molecule has 0 aliphatic heterocycles. The summed E-state index contributed by atoms with van der Waals surface area (Å²) in [6.07, 6.45) is 0. The first-order valence-electron chi connectivity index (χ1n) is 3.04. The Morgan fingerprint density at radius 1 is 1.10 bits per heavy atom. The number of hydrogen-bond donors (Lipinski definition) is 1. The second kappa shape index (κ2) is 4.04. The molecular formula is C5H15NO3Si. The Morgan fingerprint density at radius 3 is 1.40 bits per heavy atom. The molecule has 4 nitrogen and oxygen atoms in total. The molecule has 62 valence electrons. The van der Waals surface area contributed by atoms with E-state index in [1.807, 2.05) is 6.92 Å². The van der Waals surface area contributed by atoms with Gasteiger partial charge in [-0.25, -0.2) is 0 Å². The van der Waals surface area contributed by atoms with Crippen LogP contribution in [0.4, 0.5) is 0 Å². The van der Waals surface area contributed by atoms with E-state index in [2.05, 4.69) is 0 Å². The molecule has 0 saturated carbocycles. The summed E-state index contributed by atoms with van der Waals surface area (Å²) in [6.45, 7) is 1.81. The van der Waals surface area contributed by atoms with E-state index in [0.29, 0.717) is 0 Å². The topological polar surface area (TPSA) is 53.7 Å². The minimum Gasteiger partial charge on any atom is -0.376 e. The van der Waals surface area contributed by atoms with E-state index >= 15 is 0 Å². The first-order valence-corrected chi connectivity index (χ1v) is 4.84. The van der Waals surface area contributed by atoms with E-state index in [1.165, 1.54) is 0 Å². The first-order chi connectivity index (χ1) is 4.63. The third kappa shape index (κ3) is 1.77. The molecule has 1 atom stereocenters. The van der Waals surface area contributed by atoms with Gasteiger partial charge >= 0.3 is 8.80 Å². The molecule has 10 heavy (non-hydrogen) atoms. The van der Waals surface area contributed by atoms with Crippen molar-refractivity contribution >= 4 is 8.80 Å². The van der Waals surface area contributed by atoms with Crippen LogP contribution in [0.1, 0.15) is 6.92 Å². The number of nitrogens with two attached hydrogens (primary N) is 1. The summed E-state index contributed by atoms with van der Waals surface area (Å²) in [5.74, 6) is 0. The van der Waals surface area contributed by atoms with Gasteiger partial charge in [-0.15, -0.1) is 0 Å². The average Bonchev–Trinajstić information content (AvgIpc) is 1.92. The van der Waals surface area contributed by atoms with Gasteiger partial charge in [-0.05, 0) is 6.92 Å². The normalized spacial score (nSPS) is 15.3. The van der Waals surface area contributed by atoms with Gasteiger partial charge in [-0.1, -0.05) is 0 Å². The molecule has 0 aliphatic carbocycles. The van der Waals surface area contributed by atoms with Gasteiger partial charge in [0.15, 0.2) is 0 Å². The Hall–Kier alpha value is 0.0569. The summed E-state index contributed by atoms with van der Waals surface area (Å²) in [5.41, 5.74) is 5.40. The second-order valence-electron chi connectivity index (χ2n) is 2.00. The SMILES string of the molecule is CO[Si](OC)(OC)C(C)N. The Labute approximate surface area is 62.6 Å². The fourth-order valence-corrected chi connectivity index (χ4v) is 2.42. The predicted octanol–water partition coefficient (Wildman–Crippen LogP) is -0.249. The first kappa shape index (κ1) is 10.1. The summed E-state index contributed by atoms with van der Waals surface area (Å²) < 4.78 is 15.2. The smallest absolute Gasteiger partial charge is 0.376 e. The monoisotopic (exact) mass is 165 g/mol. The van der Waals surface area contributed by atoms with Crippen molar-refractivity contribution in [2.24, 2.45) is 5.73 Å². The van der Waals surface area contributed by atoms with Crippen LogP contribution < -0.4 is 5.73 Å². The molecule has 1 unspecified atom stereocenters. The van der Waals surface area contributed by atoms with Gasteiger partial charge in [0, 0.05) is 21.3 Å². The lowest BCUT2D eigenvalue weighted by Gasteiger charge is -2.27. The molecule has 0 saturated heterocycles. The van der Waals surface area contributed by atoms with E-state index in [4.69, 9.17) is 19.0 Å². The highest BCUT2D eigenvalue weighted by Crippen LogP contribution is 2.08. The zero-order chi connectivity index (χ0) is 8.20. The van der Waals surface area contributed by atoms with E-state index in [0.717, 1.165) is 0 Å². The van der Waals surface area contributed by atoms with Crippen molar-refractivity contribution in [2.45, 2.75) is 12.6 Å². The average molecular weight is 165 g/mol. The summed E-state index contributed by atoms with van der Waals surface area (Å²) >= 11 is 0. The Morgan fingerprint density at radius 2 is 1.40 bits per heavy atom. The quantitative estimate of drug-likeness (QED) is 0.584. The molecular weight excluding hydrogens is 150 g/mol. The summed E-state index contributed by atoms with van der Waals surface area (Å²) in [6, 6.07) is 0. The summed E-state index contributed by atoms with van der Waals surface area (Å²) in [4.78, 5) is 0. The molecule has 5 heteroatoms. The maximum atomic E-state index is 5.59. The van der Waals surface area contributed by atoms with E-state index < -0.39 is 8.80 Å². The molecule has 0 bridgehead atoms. The van der Waals surface area contributed by atoms with Gasteiger partial charge in [0.2, 0.25) is 0 Å². The van der Waals surface area contributed by atoms with Crippen molar-refractivity contribution < 1.29 is 13.3 Å². The van der Waals surface area contributed by atoms with Crippen LogP contribution in [0.5, 0.6) is 0 Å². The largest absolute Gasteiger partial charge is 0.517 e. The van der Waals surface area contributed by atoms with E-state index in [-0.39, 0.29) is 5.67 Å². The standard InChI is InChI=1S/C5H15NO3Si/c1-5(6)10(7-2,8-3)9-4/h5H,6H2,1-4H3. The summed E-state index contributed by atoms with van der Waals surface area (Å²) in [5, 5.41) is 0.